The Bertz CT molecular complexity index is 1270. The molecule has 1 aromatic heterocycles. The van der Waals surface area contributed by atoms with Gasteiger partial charge in [0.1, 0.15) is 5.75 Å². The Morgan fingerprint density at radius 1 is 1.00 bits per heavy atom. The molecule has 174 valence electrons. The van der Waals surface area contributed by atoms with E-state index in [1.54, 1.807) is 7.11 Å². The highest BCUT2D eigenvalue weighted by Crippen LogP contribution is 2.18. The fourth-order valence-electron chi connectivity index (χ4n) is 3.64. The zero-order valence-corrected chi connectivity index (χ0v) is 19.6. The van der Waals surface area contributed by atoms with Crippen LogP contribution in [0.1, 0.15) is 15.9 Å². The van der Waals surface area contributed by atoms with Gasteiger partial charge in [-0.25, -0.2) is 0 Å². The summed E-state index contributed by atoms with van der Waals surface area (Å²) in [4.78, 5) is 22.9. The number of carbonyl (C=O) groups excluding carboxylic acids is 1. The van der Waals surface area contributed by atoms with Crippen LogP contribution in [0.15, 0.2) is 84.0 Å². The van der Waals surface area contributed by atoms with Crippen molar-refractivity contribution in [3.05, 3.63) is 90.1 Å². The van der Waals surface area contributed by atoms with E-state index in [0.29, 0.717) is 18.1 Å². The Morgan fingerprint density at radius 3 is 2.44 bits per heavy atom. The van der Waals surface area contributed by atoms with Crippen molar-refractivity contribution in [2.75, 3.05) is 38.0 Å². The number of hydrogen-bond acceptors (Lipinski definition) is 4. The summed E-state index contributed by atoms with van der Waals surface area (Å²) in [6.07, 6.45) is 2.76. The first kappa shape index (κ1) is 22.9. The summed E-state index contributed by atoms with van der Waals surface area (Å²) < 4.78 is 5.23. The van der Waals surface area contributed by atoms with Gasteiger partial charge in [-0.2, -0.15) is 0 Å². The van der Waals surface area contributed by atoms with Crippen LogP contribution in [-0.2, 0) is 6.42 Å². The van der Waals surface area contributed by atoms with Crippen LogP contribution in [0.4, 0.5) is 11.4 Å². The molecule has 7 heteroatoms. The summed E-state index contributed by atoms with van der Waals surface area (Å²) in [7, 11) is 5.56. The molecule has 1 amide bonds. The largest absolute Gasteiger partial charge is 0.497 e. The Hall–Kier alpha value is -4.26. The average Bonchev–Trinajstić information content (AvgIpc) is 3.27. The number of guanidine groups is 1. The minimum Gasteiger partial charge on any atom is -0.497 e. The number of aromatic nitrogens is 1. The van der Waals surface area contributed by atoms with E-state index in [4.69, 9.17) is 4.74 Å². The van der Waals surface area contributed by atoms with Gasteiger partial charge in [0.2, 0.25) is 5.96 Å². The van der Waals surface area contributed by atoms with Crippen LogP contribution in [-0.4, -0.2) is 44.6 Å². The quantitative estimate of drug-likeness (QED) is 0.279. The van der Waals surface area contributed by atoms with Gasteiger partial charge in [0.15, 0.2) is 0 Å². The smallest absolute Gasteiger partial charge is 0.257 e. The molecule has 0 bridgehead atoms. The molecule has 0 aliphatic rings. The molecule has 0 saturated heterocycles. The molecule has 0 radical (unpaired) electrons. The van der Waals surface area contributed by atoms with E-state index in [1.165, 1.54) is 10.9 Å². The van der Waals surface area contributed by atoms with E-state index in [0.717, 1.165) is 29.1 Å². The number of carbonyl (C=O) groups is 1. The predicted molar refractivity (Wildman–Crippen MR) is 139 cm³/mol. The molecular weight excluding hydrogens is 426 g/mol. The second kappa shape index (κ2) is 10.6. The average molecular weight is 456 g/mol. The summed E-state index contributed by atoms with van der Waals surface area (Å²) >= 11 is 0. The summed E-state index contributed by atoms with van der Waals surface area (Å²) in [6.45, 7) is 0.514. The van der Waals surface area contributed by atoms with Crippen molar-refractivity contribution < 1.29 is 9.53 Å². The van der Waals surface area contributed by atoms with E-state index >= 15 is 0 Å². The highest BCUT2D eigenvalue weighted by Gasteiger charge is 2.11. The number of rotatable bonds is 7. The lowest BCUT2D eigenvalue weighted by Gasteiger charge is -2.14. The van der Waals surface area contributed by atoms with Crippen LogP contribution in [0.25, 0.3) is 10.9 Å². The molecule has 0 spiro atoms. The molecule has 1 heterocycles. The number of aromatic amines is 1. The van der Waals surface area contributed by atoms with E-state index in [2.05, 4.69) is 32.7 Å². The van der Waals surface area contributed by atoms with Crippen molar-refractivity contribution in [2.45, 2.75) is 6.42 Å². The maximum absolute atomic E-state index is 12.9. The second-order valence-electron chi connectivity index (χ2n) is 8.09. The van der Waals surface area contributed by atoms with Gasteiger partial charge in [0.25, 0.3) is 5.91 Å². The van der Waals surface area contributed by atoms with Gasteiger partial charge >= 0.3 is 0 Å². The van der Waals surface area contributed by atoms with Crippen LogP contribution in [0, 0.1) is 0 Å². The topological polar surface area (TPSA) is 81.7 Å². The molecule has 0 aliphatic carbocycles. The number of amides is 1. The SMILES string of the molecule is COc1ccc(NC(=NCCc2c[nH]c3ccccc23)NC(=O)c2ccc(N(C)C)cc2)cc1. The molecule has 4 rings (SSSR count). The van der Waals surface area contributed by atoms with Gasteiger partial charge < -0.3 is 19.9 Å². The maximum Gasteiger partial charge on any atom is 0.257 e. The van der Waals surface area contributed by atoms with Crippen molar-refractivity contribution in [1.82, 2.24) is 10.3 Å². The Kier molecular flexibility index (Phi) is 7.13. The molecule has 3 aromatic carbocycles. The van der Waals surface area contributed by atoms with Crippen LogP contribution >= 0.6 is 0 Å². The molecule has 34 heavy (non-hydrogen) atoms. The third-order valence-electron chi connectivity index (χ3n) is 5.56. The van der Waals surface area contributed by atoms with Crippen LogP contribution in [0.2, 0.25) is 0 Å². The lowest BCUT2D eigenvalue weighted by molar-refractivity contribution is 0.0977. The Balaban J connectivity index is 1.50. The highest BCUT2D eigenvalue weighted by atomic mass is 16.5. The number of H-pyrrole nitrogens is 1. The number of ether oxygens (including phenoxy) is 1. The number of para-hydroxylation sites is 1. The molecule has 4 aromatic rings. The normalized spacial score (nSPS) is 11.3. The number of aliphatic imine (C=N–C) groups is 1. The number of anilines is 2. The lowest BCUT2D eigenvalue weighted by Crippen LogP contribution is -2.36. The molecule has 0 atom stereocenters. The summed E-state index contributed by atoms with van der Waals surface area (Å²) in [5.74, 6) is 0.928. The summed E-state index contributed by atoms with van der Waals surface area (Å²) in [5.41, 5.74) is 4.68. The number of hydrogen-bond donors (Lipinski definition) is 3. The number of methoxy groups -OCH3 is 1. The van der Waals surface area contributed by atoms with Crippen molar-refractivity contribution in [3.8, 4) is 5.75 Å². The van der Waals surface area contributed by atoms with Gasteiger partial charge in [-0.3, -0.25) is 15.1 Å². The number of fused-ring (bicyclic) bond motifs is 1. The van der Waals surface area contributed by atoms with Crippen LogP contribution in [0.3, 0.4) is 0 Å². The molecule has 3 N–H and O–H groups in total. The van der Waals surface area contributed by atoms with Gasteiger partial charge in [0, 0.05) is 54.7 Å². The van der Waals surface area contributed by atoms with Gasteiger partial charge in [0.05, 0.1) is 7.11 Å². The van der Waals surface area contributed by atoms with Crippen LogP contribution < -0.4 is 20.3 Å². The summed E-state index contributed by atoms with van der Waals surface area (Å²) in [5, 5.41) is 7.34. The number of benzene rings is 3. The minimum absolute atomic E-state index is 0.225. The molecule has 0 aliphatic heterocycles. The first-order valence-corrected chi connectivity index (χ1v) is 11.1. The van der Waals surface area contributed by atoms with Crippen molar-refractivity contribution in [2.24, 2.45) is 4.99 Å². The predicted octanol–water partition coefficient (Wildman–Crippen LogP) is 4.68. The first-order valence-electron chi connectivity index (χ1n) is 11.1. The zero-order chi connectivity index (χ0) is 23.9. The van der Waals surface area contributed by atoms with Crippen molar-refractivity contribution in [3.63, 3.8) is 0 Å². The number of nitrogens with zero attached hydrogens (tertiary/aromatic N) is 2. The molecule has 0 fully saturated rings. The lowest BCUT2D eigenvalue weighted by atomic mass is 10.1. The summed E-state index contributed by atoms with van der Waals surface area (Å²) in [6, 6.07) is 23.1. The van der Waals surface area contributed by atoms with Gasteiger partial charge in [-0.1, -0.05) is 18.2 Å². The molecule has 0 unspecified atom stereocenters. The van der Waals surface area contributed by atoms with Crippen molar-refractivity contribution in [1.29, 1.82) is 0 Å². The number of nitrogens with one attached hydrogen (secondary N) is 3. The maximum atomic E-state index is 12.9. The van der Waals surface area contributed by atoms with E-state index in [-0.39, 0.29) is 5.91 Å². The molecular formula is C27H29N5O2. The zero-order valence-electron chi connectivity index (χ0n) is 19.6. The molecule has 7 nitrogen and oxygen atoms in total. The Labute approximate surface area is 199 Å². The second-order valence-corrected chi connectivity index (χ2v) is 8.09. The first-order chi connectivity index (χ1) is 16.5. The van der Waals surface area contributed by atoms with E-state index < -0.39 is 0 Å². The molecule has 0 saturated carbocycles. The standard InChI is InChI=1S/C27H29N5O2/c1-32(2)22-12-8-19(9-13-22)26(33)31-27(30-21-10-14-23(34-3)15-11-21)28-17-16-20-18-29-25-7-5-4-6-24(20)25/h4-15,18,29H,16-17H2,1-3H3,(H2,28,30,31,33). The third kappa shape index (κ3) is 5.56. The van der Waals surface area contributed by atoms with E-state index in [9.17, 15) is 4.79 Å². The van der Waals surface area contributed by atoms with E-state index in [1.807, 2.05) is 85.9 Å². The highest BCUT2D eigenvalue weighted by molar-refractivity contribution is 6.10. The third-order valence-corrected chi connectivity index (χ3v) is 5.56. The van der Waals surface area contributed by atoms with Gasteiger partial charge in [-0.05, 0) is 66.6 Å². The Morgan fingerprint density at radius 2 is 1.74 bits per heavy atom. The minimum atomic E-state index is -0.225. The van der Waals surface area contributed by atoms with Crippen molar-refractivity contribution >= 4 is 34.1 Å². The van der Waals surface area contributed by atoms with Gasteiger partial charge in [-0.15, -0.1) is 0 Å². The fourth-order valence-corrected chi connectivity index (χ4v) is 3.64. The fraction of sp³-hybridized carbons (Fsp3) is 0.185. The van der Waals surface area contributed by atoms with Crippen LogP contribution in [0.5, 0.6) is 5.75 Å². The monoisotopic (exact) mass is 455 g/mol.